The van der Waals surface area contributed by atoms with Crippen LogP contribution in [0.1, 0.15) is 17.9 Å². The first-order chi connectivity index (χ1) is 13.8. The first kappa shape index (κ1) is 18.1. The molecule has 147 valence electrons. The Morgan fingerprint density at radius 3 is 2.43 bits per heavy atom. The number of alkyl halides is 1. The van der Waals surface area contributed by atoms with Crippen molar-refractivity contribution in [1.29, 1.82) is 0 Å². The van der Waals surface area contributed by atoms with Crippen LogP contribution in [-0.2, 0) is 0 Å². The maximum absolute atomic E-state index is 15.0. The van der Waals surface area contributed by atoms with Crippen molar-refractivity contribution < 1.29 is 9.13 Å². The van der Waals surface area contributed by atoms with Crippen molar-refractivity contribution in [2.24, 2.45) is 0 Å². The maximum Gasteiger partial charge on any atom is 0.135 e. The van der Waals surface area contributed by atoms with Gasteiger partial charge < -0.3 is 10.1 Å². The largest absolute Gasteiger partial charge is 0.457 e. The molecular weight excluding hydrogens is 353 g/mol. The number of benzene rings is 2. The van der Waals surface area contributed by atoms with Crippen molar-refractivity contribution in [2.75, 3.05) is 39.3 Å². The van der Waals surface area contributed by atoms with E-state index in [1.807, 2.05) is 48.5 Å². The molecule has 3 heterocycles. The highest BCUT2D eigenvalue weighted by atomic mass is 19.1. The Kier molecular flexibility index (Phi) is 5.05. The molecule has 3 aliphatic heterocycles. The minimum absolute atomic E-state index is 0.0368. The standard InChI is InChI=1S/C23H27FN3O/c24-23-16-26(19-14-27(15-19)18-12-25-13-18)11-10-22(23)17-6-8-21(9-7-17)28-20-4-2-1-3-5-20/h1-8,18-19,22-23,25H,10-16H2/t22-,23-/m1/s1. The summed E-state index contributed by atoms with van der Waals surface area (Å²) in [5.41, 5.74) is 1.03. The van der Waals surface area contributed by atoms with Gasteiger partial charge in [0.25, 0.3) is 0 Å². The summed E-state index contributed by atoms with van der Waals surface area (Å²) in [7, 11) is 0. The molecule has 0 unspecified atom stereocenters. The van der Waals surface area contributed by atoms with E-state index in [1.165, 1.54) is 0 Å². The normalized spacial score (nSPS) is 27.2. The Morgan fingerprint density at radius 1 is 0.964 bits per heavy atom. The summed E-state index contributed by atoms with van der Waals surface area (Å²) in [5.74, 6) is 1.42. The lowest BCUT2D eigenvalue weighted by Crippen LogP contribution is -2.69. The zero-order chi connectivity index (χ0) is 18.9. The molecule has 0 bridgehead atoms. The molecule has 4 nitrogen and oxygen atoms in total. The van der Waals surface area contributed by atoms with Crippen molar-refractivity contribution in [1.82, 2.24) is 15.1 Å². The molecule has 3 saturated heterocycles. The topological polar surface area (TPSA) is 27.7 Å². The number of nitrogens with one attached hydrogen (secondary N) is 1. The zero-order valence-electron chi connectivity index (χ0n) is 16.1. The number of hydrogen-bond donors (Lipinski definition) is 1. The summed E-state index contributed by atoms with van der Waals surface area (Å²) in [4.78, 5) is 4.89. The number of piperidine rings is 1. The molecule has 3 fully saturated rings. The van der Waals surface area contributed by atoms with E-state index in [9.17, 15) is 4.39 Å². The number of ether oxygens (including phenoxy) is 1. The van der Waals surface area contributed by atoms with Crippen LogP contribution in [0, 0.1) is 6.07 Å². The third-order valence-electron chi connectivity index (χ3n) is 6.46. The van der Waals surface area contributed by atoms with Crippen LogP contribution >= 0.6 is 0 Å². The molecule has 2 aromatic rings. The van der Waals surface area contributed by atoms with Gasteiger partial charge in [-0.05, 0) is 42.8 Å². The highest BCUT2D eigenvalue weighted by molar-refractivity contribution is 5.33. The lowest BCUT2D eigenvalue weighted by molar-refractivity contribution is -0.0325. The molecule has 3 aliphatic rings. The highest BCUT2D eigenvalue weighted by Crippen LogP contribution is 2.34. The van der Waals surface area contributed by atoms with Gasteiger partial charge in [0.1, 0.15) is 17.7 Å². The van der Waals surface area contributed by atoms with Crippen molar-refractivity contribution in [3.63, 3.8) is 0 Å². The average molecular weight is 380 g/mol. The quantitative estimate of drug-likeness (QED) is 0.863. The van der Waals surface area contributed by atoms with Crippen LogP contribution in [0.5, 0.6) is 11.5 Å². The summed E-state index contributed by atoms with van der Waals surface area (Å²) in [6.45, 7) is 5.96. The Labute approximate surface area is 166 Å². The monoisotopic (exact) mass is 380 g/mol. The lowest BCUT2D eigenvalue weighted by Gasteiger charge is -2.53. The summed E-state index contributed by atoms with van der Waals surface area (Å²) < 4.78 is 20.8. The second-order valence-corrected chi connectivity index (χ2v) is 8.23. The van der Waals surface area contributed by atoms with E-state index in [4.69, 9.17) is 4.74 Å². The molecule has 2 aromatic carbocycles. The highest BCUT2D eigenvalue weighted by Gasteiger charge is 2.41. The Balaban J connectivity index is 1.15. The van der Waals surface area contributed by atoms with Gasteiger partial charge in [0.05, 0.1) is 0 Å². The molecule has 2 atom stereocenters. The van der Waals surface area contributed by atoms with Gasteiger partial charge >= 0.3 is 0 Å². The summed E-state index contributed by atoms with van der Waals surface area (Å²) in [5, 5.41) is 3.33. The fourth-order valence-corrected chi connectivity index (χ4v) is 4.52. The summed E-state index contributed by atoms with van der Waals surface area (Å²) in [6, 6.07) is 19.9. The first-order valence-corrected chi connectivity index (χ1v) is 10.3. The number of nitrogens with zero attached hydrogens (tertiary/aromatic N) is 2. The van der Waals surface area contributed by atoms with Gasteiger partial charge in [0.15, 0.2) is 0 Å². The van der Waals surface area contributed by atoms with Crippen molar-refractivity contribution in [3.8, 4) is 11.5 Å². The van der Waals surface area contributed by atoms with Crippen molar-refractivity contribution >= 4 is 0 Å². The Morgan fingerprint density at radius 2 is 1.79 bits per heavy atom. The average Bonchev–Trinajstić information content (AvgIpc) is 2.64. The second-order valence-electron chi connectivity index (χ2n) is 8.23. The van der Waals surface area contributed by atoms with Gasteiger partial charge in [-0.25, -0.2) is 4.39 Å². The van der Waals surface area contributed by atoms with E-state index in [0.717, 1.165) is 50.5 Å². The van der Waals surface area contributed by atoms with Crippen LogP contribution in [0.2, 0.25) is 0 Å². The van der Waals surface area contributed by atoms with Gasteiger partial charge in [-0.1, -0.05) is 24.3 Å². The second kappa shape index (κ2) is 7.82. The summed E-state index contributed by atoms with van der Waals surface area (Å²) in [6.07, 6.45) is 0.0533. The smallest absolute Gasteiger partial charge is 0.135 e. The zero-order valence-corrected chi connectivity index (χ0v) is 16.1. The molecule has 0 aromatic heterocycles. The van der Waals surface area contributed by atoms with Crippen LogP contribution in [0.4, 0.5) is 4.39 Å². The van der Waals surface area contributed by atoms with Gasteiger partial charge in [-0.2, -0.15) is 0 Å². The van der Waals surface area contributed by atoms with E-state index < -0.39 is 6.17 Å². The lowest BCUT2D eigenvalue weighted by atomic mass is 9.86. The van der Waals surface area contributed by atoms with Gasteiger partial charge in [-0.3, -0.25) is 9.80 Å². The third kappa shape index (κ3) is 3.66. The number of likely N-dealkylation sites (tertiary alicyclic amines) is 2. The SMILES string of the molecule is F[C@@H]1CN(C2CN(C3CNC3)C2)CC[C@@H]1c1c[c]c(Oc2ccccc2)cc1. The molecule has 0 saturated carbocycles. The maximum atomic E-state index is 15.0. The molecule has 1 N–H and O–H groups in total. The van der Waals surface area contributed by atoms with E-state index >= 15 is 0 Å². The first-order valence-electron chi connectivity index (χ1n) is 10.3. The van der Waals surface area contributed by atoms with Crippen molar-refractivity contribution in [2.45, 2.75) is 30.6 Å². The Hall–Kier alpha value is -1.95. The number of para-hydroxylation sites is 1. The van der Waals surface area contributed by atoms with Crippen LogP contribution in [0.3, 0.4) is 0 Å². The molecule has 1 radical (unpaired) electrons. The number of rotatable bonds is 5. The van der Waals surface area contributed by atoms with E-state index in [2.05, 4.69) is 21.2 Å². The molecule has 28 heavy (non-hydrogen) atoms. The molecule has 0 amide bonds. The predicted octanol–water partition coefficient (Wildman–Crippen LogP) is 3.06. The van der Waals surface area contributed by atoms with E-state index in [0.29, 0.717) is 24.4 Å². The molecule has 0 spiro atoms. The molecule has 0 aliphatic carbocycles. The molecule has 5 heteroatoms. The fraction of sp³-hybridized carbons (Fsp3) is 0.478. The van der Waals surface area contributed by atoms with E-state index in [-0.39, 0.29) is 5.92 Å². The van der Waals surface area contributed by atoms with Crippen molar-refractivity contribution in [3.05, 3.63) is 60.2 Å². The predicted molar refractivity (Wildman–Crippen MR) is 108 cm³/mol. The molecular formula is C23H27FN3O. The van der Waals surface area contributed by atoms with Gasteiger partial charge in [0.2, 0.25) is 0 Å². The third-order valence-corrected chi connectivity index (χ3v) is 6.46. The molecule has 5 rings (SSSR count). The number of hydrogen-bond acceptors (Lipinski definition) is 4. The minimum atomic E-state index is -0.817. The van der Waals surface area contributed by atoms with Crippen LogP contribution < -0.4 is 10.1 Å². The van der Waals surface area contributed by atoms with Gasteiger partial charge in [0, 0.05) is 56.8 Å². The summed E-state index contributed by atoms with van der Waals surface area (Å²) >= 11 is 0. The van der Waals surface area contributed by atoms with Crippen LogP contribution in [0.15, 0.2) is 48.5 Å². The Bertz CT molecular complexity index is 774. The van der Waals surface area contributed by atoms with Gasteiger partial charge in [-0.15, -0.1) is 0 Å². The van der Waals surface area contributed by atoms with Crippen LogP contribution in [0.25, 0.3) is 0 Å². The number of halogens is 1. The van der Waals surface area contributed by atoms with E-state index in [1.54, 1.807) is 0 Å². The van der Waals surface area contributed by atoms with Crippen LogP contribution in [-0.4, -0.2) is 67.3 Å². The minimum Gasteiger partial charge on any atom is -0.457 e. The fourth-order valence-electron chi connectivity index (χ4n) is 4.52.